The predicted molar refractivity (Wildman–Crippen MR) is 155 cm³/mol. The van der Waals surface area contributed by atoms with Crippen LogP contribution < -0.4 is 9.80 Å². The summed E-state index contributed by atoms with van der Waals surface area (Å²) >= 11 is 1.31. The Labute approximate surface area is 237 Å². The molecule has 1 unspecified atom stereocenters. The summed E-state index contributed by atoms with van der Waals surface area (Å²) < 4.78 is 21.0. The van der Waals surface area contributed by atoms with E-state index in [2.05, 4.69) is 28.9 Å². The van der Waals surface area contributed by atoms with E-state index in [1.807, 2.05) is 29.6 Å². The third-order valence-corrected chi connectivity index (χ3v) is 9.13. The predicted octanol–water partition coefficient (Wildman–Crippen LogP) is 4.88. The Bertz CT molecular complexity index is 1540. The molecule has 0 N–H and O–H groups in total. The van der Waals surface area contributed by atoms with Gasteiger partial charge in [-0.3, -0.25) is 4.90 Å². The molecule has 0 radical (unpaired) electrons. The van der Waals surface area contributed by atoms with Crippen molar-refractivity contribution in [2.75, 3.05) is 50.1 Å². The molecule has 0 bridgehead atoms. The number of nitrogens with zero attached hydrogens (tertiary/aromatic N) is 8. The molecule has 40 heavy (non-hydrogen) atoms. The number of ether oxygens (including phenoxy) is 1. The Morgan fingerprint density at radius 2 is 1.88 bits per heavy atom. The number of hydrogen-bond acceptors (Lipinski definition) is 9. The molecule has 2 fully saturated rings. The largest absolute Gasteiger partial charge is 0.381 e. The minimum Gasteiger partial charge on any atom is -0.381 e. The zero-order valence-corrected chi connectivity index (χ0v) is 23.9. The van der Waals surface area contributed by atoms with Crippen molar-refractivity contribution >= 4 is 33.8 Å². The van der Waals surface area contributed by atoms with Crippen LogP contribution in [0.5, 0.6) is 0 Å². The average Bonchev–Trinajstić information content (AvgIpc) is 3.74. The Morgan fingerprint density at radius 1 is 1.10 bits per heavy atom. The molecule has 0 amide bonds. The fourth-order valence-corrected chi connectivity index (χ4v) is 6.69. The smallest absolute Gasteiger partial charge is 0.192 e. The fraction of sp³-hybridized carbons (Fsp3) is 0.448. The van der Waals surface area contributed by atoms with E-state index < -0.39 is 0 Å². The van der Waals surface area contributed by atoms with Gasteiger partial charge in [0, 0.05) is 51.9 Å². The number of rotatable bonds is 7. The van der Waals surface area contributed by atoms with Gasteiger partial charge in [-0.15, -0.1) is 5.10 Å². The number of aromatic nitrogens is 4. The van der Waals surface area contributed by atoms with Crippen molar-refractivity contribution < 1.29 is 9.13 Å². The highest BCUT2D eigenvalue weighted by Gasteiger charge is 2.32. The number of fused-ring (bicyclic) bond motifs is 1. The second-order valence-electron chi connectivity index (χ2n) is 10.4. The van der Waals surface area contributed by atoms with Crippen LogP contribution in [0.4, 0.5) is 21.2 Å². The number of anilines is 3. The molecule has 1 aromatic carbocycles. The van der Waals surface area contributed by atoms with Crippen molar-refractivity contribution in [3.63, 3.8) is 0 Å². The monoisotopic (exact) mass is 560 g/mol. The summed E-state index contributed by atoms with van der Waals surface area (Å²) in [4.78, 5) is 17.1. The first-order valence-electron chi connectivity index (χ1n) is 13.8. The zero-order valence-electron chi connectivity index (χ0n) is 23.0. The summed E-state index contributed by atoms with van der Waals surface area (Å²) in [6, 6.07) is 12.9. The Morgan fingerprint density at radius 3 is 2.58 bits per heavy atom. The molecule has 0 saturated carbocycles. The van der Waals surface area contributed by atoms with Crippen LogP contribution in [0.3, 0.4) is 0 Å². The van der Waals surface area contributed by atoms with Crippen LogP contribution in [0.2, 0.25) is 0 Å². The molecule has 0 spiro atoms. The zero-order chi connectivity index (χ0) is 27.8. The van der Waals surface area contributed by atoms with Crippen molar-refractivity contribution in [2.45, 2.75) is 44.8 Å². The molecule has 9 nitrogen and oxygen atoms in total. The lowest BCUT2D eigenvalue weighted by molar-refractivity contribution is 0.0301. The Balaban J connectivity index is 1.29. The summed E-state index contributed by atoms with van der Waals surface area (Å²) in [5.74, 6) is 1.44. The number of methoxy groups -OCH3 is 1. The molecule has 2 aliphatic heterocycles. The van der Waals surface area contributed by atoms with Crippen LogP contribution in [-0.4, -0.2) is 77.0 Å². The van der Waals surface area contributed by atoms with Crippen molar-refractivity contribution in [1.29, 1.82) is 5.26 Å². The first-order chi connectivity index (χ1) is 19.5. The van der Waals surface area contributed by atoms with Crippen molar-refractivity contribution in [3.05, 3.63) is 52.8 Å². The molecular formula is C29H33FN8OS. The van der Waals surface area contributed by atoms with Gasteiger partial charge in [-0.2, -0.15) is 9.78 Å². The van der Waals surface area contributed by atoms with Crippen LogP contribution in [-0.2, 0) is 11.2 Å². The van der Waals surface area contributed by atoms with Crippen molar-refractivity contribution in [1.82, 2.24) is 24.5 Å². The van der Waals surface area contributed by atoms with Crippen LogP contribution in [0, 0.1) is 17.1 Å². The normalized spacial score (nSPS) is 18.5. The molecule has 208 valence electrons. The van der Waals surface area contributed by atoms with Crippen LogP contribution in [0.25, 0.3) is 16.9 Å². The lowest BCUT2D eigenvalue weighted by Crippen LogP contribution is -2.44. The Hall–Kier alpha value is -3.59. The molecule has 6 rings (SSSR count). The molecule has 2 aliphatic rings. The van der Waals surface area contributed by atoms with E-state index in [1.165, 1.54) is 23.5 Å². The lowest BCUT2D eigenvalue weighted by Gasteiger charge is -2.35. The van der Waals surface area contributed by atoms with E-state index in [4.69, 9.17) is 19.8 Å². The number of thiazole rings is 1. The number of nitriles is 1. The third-order valence-electron chi connectivity index (χ3n) is 8.10. The highest BCUT2D eigenvalue weighted by Crippen LogP contribution is 2.37. The maximum Gasteiger partial charge on any atom is 0.192 e. The van der Waals surface area contributed by atoms with Gasteiger partial charge in [0.05, 0.1) is 11.8 Å². The number of aryl methyl sites for hydroxylation is 1. The Kier molecular flexibility index (Phi) is 7.40. The van der Waals surface area contributed by atoms with Gasteiger partial charge in [-0.25, -0.2) is 14.4 Å². The topological polar surface area (TPSA) is 85.8 Å². The molecule has 1 atom stereocenters. The quantitative estimate of drug-likeness (QED) is 0.316. The van der Waals surface area contributed by atoms with E-state index in [0.29, 0.717) is 33.4 Å². The second-order valence-corrected chi connectivity index (χ2v) is 11.4. The first-order valence-corrected chi connectivity index (χ1v) is 14.6. The SMILES string of the molecule is CCc1nc2ccc(N3CCC(N4CCC(OC)CC4)C3)nn2c1N(C)c1nc(-c2ccc(F)cc2)c(C#N)s1. The van der Waals surface area contributed by atoms with Gasteiger partial charge in [0.1, 0.15) is 28.3 Å². The minimum absolute atomic E-state index is 0.324. The molecule has 2 saturated heterocycles. The number of halogens is 1. The minimum atomic E-state index is -0.324. The standard InChI is InChI=1S/C29H33FN8OS/c1-4-23-28(35(2)29-33-27(24(17-31)40-29)19-5-7-20(30)8-6-19)38-25(32-23)9-10-26(34-38)37-14-11-21(18-37)36-15-12-22(39-3)13-16-36/h5-10,21-22H,4,11-16,18H2,1-3H3. The van der Waals surface area contributed by atoms with Crippen LogP contribution >= 0.6 is 11.3 Å². The van der Waals surface area contributed by atoms with Crippen molar-refractivity contribution in [3.8, 4) is 17.3 Å². The van der Waals surface area contributed by atoms with E-state index in [-0.39, 0.29) is 5.82 Å². The molecule has 4 aromatic rings. The van der Waals surface area contributed by atoms with Gasteiger partial charge in [0.25, 0.3) is 0 Å². The average molecular weight is 561 g/mol. The first kappa shape index (κ1) is 26.6. The summed E-state index contributed by atoms with van der Waals surface area (Å²) in [7, 11) is 3.74. The molecule has 11 heteroatoms. The van der Waals surface area contributed by atoms with Crippen molar-refractivity contribution in [2.24, 2.45) is 0 Å². The summed E-state index contributed by atoms with van der Waals surface area (Å²) in [6.45, 7) is 6.16. The number of likely N-dealkylation sites (tertiary alicyclic amines) is 1. The second kappa shape index (κ2) is 11.1. The van der Waals surface area contributed by atoms with Gasteiger partial charge < -0.3 is 14.5 Å². The van der Waals surface area contributed by atoms with Crippen LogP contribution in [0.15, 0.2) is 36.4 Å². The summed E-state index contributed by atoms with van der Waals surface area (Å²) in [5.41, 5.74) is 2.94. The maximum absolute atomic E-state index is 13.5. The molecular weight excluding hydrogens is 527 g/mol. The molecule has 0 aliphatic carbocycles. The number of benzene rings is 1. The van der Waals surface area contributed by atoms with E-state index >= 15 is 0 Å². The number of imidazole rings is 1. The molecule has 3 aromatic heterocycles. The third kappa shape index (κ3) is 4.91. The highest BCUT2D eigenvalue weighted by molar-refractivity contribution is 7.16. The maximum atomic E-state index is 13.5. The van der Waals surface area contributed by atoms with Gasteiger partial charge >= 0.3 is 0 Å². The van der Waals surface area contributed by atoms with Gasteiger partial charge in [0.2, 0.25) is 0 Å². The van der Waals surface area contributed by atoms with Gasteiger partial charge in [0.15, 0.2) is 16.6 Å². The summed E-state index contributed by atoms with van der Waals surface area (Å²) in [5, 5.41) is 15.5. The fourth-order valence-electron chi connectivity index (χ4n) is 5.85. The number of piperidine rings is 1. The van der Waals surface area contributed by atoms with Crippen LogP contribution in [0.1, 0.15) is 36.8 Å². The van der Waals surface area contributed by atoms with E-state index in [9.17, 15) is 9.65 Å². The van der Waals surface area contributed by atoms with Gasteiger partial charge in [-0.1, -0.05) is 18.3 Å². The highest BCUT2D eigenvalue weighted by atomic mass is 32.1. The number of hydrogen-bond donors (Lipinski definition) is 0. The lowest BCUT2D eigenvalue weighted by atomic mass is 10.1. The molecule has 5 heterocycles. The summed E-state index contributed by atoms with van der Waals surface area (Å²) in [6.07, 6.45) is 4.42. The van der Waals surface area contributed by atoms with E-state index in [0.717, 1.165) is 74.8 Å². The van der Waals surface area contributed by atoms with E-state index in [1.54, 1.807) is 12.1 Å². The van der Waals surface area contributed by atoms with Gasteiger partial charge in [-0.05, 0) is 62.1 Å².